The van der Waals surface area contributed by atoms with Crippen LogP contribution in [0.25, 0.3) is 0 Å². The molecule has 1 aromatic rings. The molecule has 0 aliphatic heterocycles. The Kier molecular flexibility index (Phi) is 6.00. The van der Waals surface area contributed by atoms with Gasteiger partial charge in [-0.25, -0.2) is 0 Å². The largest absolute Gasteiger partial charge is 0.504 e. The van der Waals surface area contributed by atoms with Crippen LogP contribution >= 0.6 is 12.2 Å². The van der Waals surface area contributed by atoms with Crippen molar-refractivity contribution >= 4 is 23.5 Å². The molecule has 2 rings (SSSR count). The van der Waals surface area contributed by atoms with Gasteiger partial charge in [0.2, 0.25) is 0 Å². The Bertz CT molecular complexity index is 548. The molecule has 6 heteroatoms. The van der Waals surface area contributed by atoms with Crippen LogP contribution in [0.4, 0.5) is 0 Å². The topological polar surface area (TPSA) is 65.9 Å². The first-order valence-electron chi connectivity index (χ1n) is 7.57. The number of hydrazone groups is 1. The van der Waals surface area contributed by atoms with Gasteiger partial charge in [0.1, 0.15) is 0 Å². The second-order valence-electron chi connectivity index (χ2n) is 5.61. The smallest absolute Gasteiger partial charge is 0.187 e. The van der Waals surface area contributed by atoms with Crippen LogP contribution in [0.1, 0.15) is 38.2 Å². The van der Waals surface area contributed by atoms with E-state index in [-0.39, 0.29) is 5.75 Å². The Morgan fingerprint density at radius 3 is 2.91 bits per heavy atom. The zero-order chi connectivity index (χ0) is 15.9. The van der Waals surface area contributed by atoms with Gasteiger partial charge in [0.25, 0.3) is 0 Å². The quantitative estimate of drug-likeness (QED) is 0.452. The van der Waals surface area contributed by atoms with Crippen LogP contribution in [0, 0.1) is 5.92 Å². The second-order valence-corrected chi connectivity index (χ2v) is 6.02. The van der Waals surface area contributed by atoms with Crippen LogP contribution in [-0.4, -0.2) is 29.6 Å². The van der Waals surface area contributed by atoms with E-state index in [1.807, 2.05) is 0 Å². The lowest BCUT2D eigenvalue weighted by Gasteiger charge is -2.30. The van der Waals surface area contributed by atoms with Crippen LogP contribution in [0.15, 0.2) is 23.3 Å². The minimum absolute atomic E-state index is 0.0651. The molecule has 2 atom stereocenters. The van der Waals surface area contributed by atoms with E-state index in [1.165, 1.54) is 32.6 Å². The lowest BCUT2D eigenvalue weighted by Crippen LogP contribution is -2.44. The summed E-state index contributed by atoms with van der Waals surface area (Å²) in [4.78, 5) is 0. The van der Waals surface area contributed by atoms with Crippen molar-refractivity contribution in [1.29, 1.82) is 0 Å². The third-order valence-corrected chi connectivity index (χ3v) is 4.26. The highest BCUT2D eigenvalue weighted by atomic mass is 32.1. The van der Waals surface area contributed by atoms with Crippen molar-refractivity contribution in [3.8, 4) is 11.5 Å². The molecule has 1 saturated carbocycles. The average molecular weight is 321 g/mol. The molecule has 0 heterocycles. The van der Waals surface area contributed by atoms with Gasteiger partial charge in [-0.3, -0.25) is 5.43 Å². The van der Waals surface area contributed by atoms with Gasteiger partial charge in [-0.1, -0.05) is 25.8 Å². The summed E-state index contributed by atoms with van der Waals surface area (Å²) in [5, 5.41) is 17.9. The molecule has 0 amide bonds. The van der Waals surface area contributed by atoms with Crippen molar-refractivity contribution in [1.82, 2.24) is 10.7 Å². The number of benzene rings is 1. The third-order valence-electron chi connectivity index (χ3n) is 4.05. The summed E-state index contributed by atoms with van der Waals surface area (Å²) in [6, 6.07) is 5.65. The zero-order valence-electron chi connectivity index (χ0n) is 13.0. The molecule has 1 aliphatic carbocycles. The SMILES string of the molecule is COc1cccc(/C=N/NC(=S)N[C@H]2CCCC[C@@H]2C)c1O. The molecule has 1 aliphatic rings. The molecular formula is C16H23N3O2S. The molecule has 0 unspecified atom stereocenters. The van der Waals surface area contributed by atoms with Crippen molar-refractivity contribution in [2.24, 2.45) is 11.0 Å². The fraction of sp³-hybridized carbons (Fsp3) is 0.500. The summed E-state index contributed by atoms with van der Waals surface area (Å²) in [5.41, 5.74) is 3.37. The highest BCUT2D eigenvalue weighted by molar-refractivity contribution is 7.80. The third kappa shape index (κ3) is 4.34. The van der Waals surface area contributed by atoms with Crippen LogP contribution in [0.3, 0.4) is 0 Å². The predicted molar refractivity (Wildman–Crippen MR) is 92.5 cm³/mol. The molecule has 3 N–H and O–H groups in total. The fourth-order valence-electron chi connectivity index (χ4n) is 2.70. The van der Waals surface area contributed by atoms with Gasteiger partial charge in [0, 0.05) is 11.6 Å². The number of ether oxygens (including phenoxy) is 1. The van der Waals surface area contributed by atoms with Crippen molar-refractivity contribution in [2.45, 2.75) is 38.6 Å². The number of methoxy groups -OCH3 is 1. The maximum absolute atomic E-state index is 9.96. The first kappa shape index (κ1) is 16.5. The molecule has 22 heavy (non-hydrogen) atoms. The predicted octanol–water partition coefficient (Wildman–Crippen LogP) is 2.78. The number of para-hydroxylation sites is 1. The van der Waals surface area contributed by atoms with Crippen LogP contribution < -0.4 is 15.5 Å². The summed E-state index contributed by atoms with van der Waals surface area (Å²) in [6.45, 7) is 2.25. The van der Waals surface area contributed by atoms with E-state index in [2.05, 4.69) is 22.8 Å². The van der Waals surface area contributed by atoms with E-state index < -0.39 is 0 Å². The molecule has 0 radical (unpaired) electrons. The Morgan fingerprint density at radius 1 is 1.41 bits per heavy atom. The van der Waals surface area contributed by atoms with Crippen molar-refractivity contribution in [3.63, 3.8) is 0 Å². The molecule has 0 saturated heterocycles. The second kappa shape index (κ2) is 7.98. The van der Waals surface area contributed by atoms with E-state index in [4.69, 9.17) is 17.0 Å². The van der Waals surface area contributed by atoms with Gasteiger partial charge in [-0.05, 0) is 43.1 Å². The van der Waals surface area contributed by atoms with Crippen LogP contribution in [-0.2, 0) is 0 Å². The van der Waals surface area contributed by atoms with E-state index in [1.54, 1.807) is 18.2 Å². The van der Waals surface area contributed by atoms with E-state index in [9.17, 15) is 5.11 Å². The molecule has 5 nitrogen and oxygen atoms in total. The Morgan fingerprint density at radius 2 is 2.18 bits per heavy atom. The molecule has 1 aromatic carbocycles. The minimum atomic E-state index is 0.0651. The maximum Gasteiger partial charge on any atom is 0.187 e. The summed E-state index contributed by atoms with van der Waals surface area (Å²) in [5.74, 6) is 1.11. The minimum Gasteiger partial charge on any atom is -0.504 e. The number of phenolic OH excluding ortho intramolecular Hbond substituents is 1. The summed E-state index contributed by atoms with van der Waals surface area (Å²) < 4.78 is 5.06. The molecule has 120 valence electrons. The standard InChI is InChI=1S/C16H23N3O2S/c1-11-6-3-4-8-13(11)18-16(22)19-17-10-12-7-5-9-14(21-2)15(12)20/h5,7,9-11,13,20H,3-4,6,8H2,1-2H3,(H2,18,19,22)/b17-10+/t11-,13-/m0/s1. The summed E-state index contributed by atoms with van der Waals surface area (Å²) in [7, 11) is 1.51. The van der Waals surface area contributed by atoms with E-state index >= 15 is 0 Å². The average Bonchev–Trinajstić information content (AvgIpc) is 2.51. The first-order chi connectivity index (χ1) is 10.6. The van der Waals surface area contributed by atoms with E-state index in [0.29, 0.717) is 28.4 Å². The molecule has 0 bridgehead atoms. The highest BCUT2D eigenvalue weighted by Crippen LogP contribution is 2.28. The Hall–Kier alpha value is -1.82. The molecular weight excluding hydrogens is 298 g/mol. The first-order valence-corrected chi connectivity index (χ1v) is 7.98. The van der Waals surface area contributed by atoms with Gasteiger partial charge in [0.15, 0.2) is 16.6 Å². The van der Waals surface area contributed by atoms with Crippen LogP contribution in [0.5, 0.6) is 11.5 Å². The Balaban J connectivity index is 1.88. The van der Waals surface area contributed by atoms with E-state index in [0.717, 1.165) is 6.42 Å². The Labute approximate surface area is 136 Å². The number of nitrogens with one attached hydrogen (secondary N) is 2. The fourth-order valence-corrected chi connectivity index (χ4v) is 2.90. The monoisotopic (exact) mass is 321 g/mol. The summed E-state index contributed by atoms with van der Waals surface area (Å²) >= 11 is 5.26. The number of hydrogen-bond acceptors (Lipinski definition) is 4. The van der Waals surface area contributed by atoms with Crippen molar-refractivity contribution < 1.29 is 9.84 Å². The highest BCUT2D eigenvalue weighted by Gasteiger charge is 2.21. The van der Waals surface area contributed by atoms with Crippen molar-refractivity contribution in [3.05, 3.63) is 23.8 Å². The lowest BCUT2D eigenvalue weighted by molar-refractivity contribution is 0.308. The van der Waals surface area contributed by atoms with Gasteiger partial charge < -0.3 is 15.2 Å². The lowest BCUT2D eigenvalue weighted by atomic mass is 9.86. The van der Waals surface area contributed by atoms with Gasteiger partial charge in [-0.2, -0.15) is 5.10 Å². The molecule has 1 fully saturated rings. The van der Waals surface area contributed by atoms with Crippen LogP contribution in [0.2, 0.25) is 0 Å². The number of phenols is 1. The maximum atomic E-state index is 9.96. The zero-order valence-corrected chi connectivity index (χ0v) is 13.8. The number of rotatable bonds is 4. The van der Waals surface area contributed by atoms with Gasteiger partial charge in [0.05, 0.1) is 13.3 Å². The normalized spacial score (nSPS) is 21.5. The summed E-state index contributed by atoms with van der Waals surface area (Å²) in [6.07, 6.45) is 6.44. The number of thiocarbonyl (C=S) groups is 1. The number of hydrogen-bond donors (Lipinski definition) is 3. The molecule has 0 spiro atoms. The van der Waals surface area contributed by atoms with Crippen molar-refractivity contribution in [2.75, 3.05) is 7.11 Å². The number of nitrogens with zero attached hydrogens (tertiary/aromatic N) is 1. The van der Waals surface area contributed by atoms with Gasteiger partial charge in [-0.15, -0.1) is 0 Å². The molecule has 0 aromatic heterocycles. The number of aromatic hydroxyl groups is 1. The van der Waals surface area contributed by atoms with Gasteiger partial charge >= 0.3 is 0 Å².